The number of aromatic nitrogens is 2. The fraction of sp³-hybridized carbons (Fsp3) is 0.455. The molecule has 1 saturated heterocycles. The van der Waals surface area contributed by atoms with E-state index in [1.54, 1.807) is 0 Å². The van der Waals surface area contributed by atoms with Gasteiger partial charge in [-0.25, -0.2) is 9.97 Å². The summed E-state index contributed by atoms with van der Waals surface area (Å²) in [6, 6.07) is 10.0. The van der Waals surface area contributed by atoms with E-state index in [2.05, 4.69) is 21.3 Å². The molecule has 1 spiro atoms. The van der Waals surface area contributed by atoms with E-state index in [4.69, 9.17) is 16.0 Å². The summed E-state index contributed by atoms with van der Waals surface area (Å²) in [5.74, 6) is 1.09. The number of carbonyl (C=O) groups is 1. The molecule has 7 heteroatoms. The van der Waals surface area contributed by atoms with Gasteiger partial charge in [-0.15, -0.1) is 0 Å². The van der Waals surface area contributed by atoms with Crippen molar-refractivity contribution in [2.45, 2.75) is 44.6 Å². The third-order valence-corrected chi connectivity index (χ3v) is 6.05. The van der Waals surface area contributed by atoms with E-state index in [9.17, 15) is 4.79 Å². The minimum Gasteiger partial charge on any atom is -0.368 e. The minimum atomic E-state index is -0.394. The molecule has 1 aromatic carbocycles. The molecule has 3 N–H and O–H groups in total. The van der Waals surface area contributed by atoms with Crippen molar-refractivity contribution < 1.29 is 4.79 Å². The highest BCUT2D eigenvalue weighted by atomic mass is 16.1. The summed E-state index contributed by atoms with van der Waals surface area (Å²) in [6.45, 7) is 4.89. The highest BCUT2D eigenvalue weighted by Crippen LogP contribution is 2.46. The molecular weight excluding hydrogens is 364 g/mol. The molecular formula is C22H26N6O. The number of nitrogens with zero attached hydrogens (tertiary/aromatic N) is 4. The van der Waals surface area contributed by atoms with Gasteiger partial charge >= 0.3 is 0 Å². The number of nitrogens with one attached hydrogen (secondary N) is 1. The molecule has 1 aromatic heterocycles. The molecule has 1 fully saturated rings. The fourth-order valence-electron chi connectivity index (χ4n) is 4.77. The highest BCUT2D eigenvalue weighted by molar-refractivity contribution is 5.78. The number of carbonyl (C=O) groups excluding carboxylic acids is 1. The molecule has 7 nitrogen and oxygen atoms in total. The molecule has 2 heterocycles. The average Bonchev–Trinajstić information content (AvgIpc) is 3.04. The van der Waals surface area contributed by atoms with Crippen LogP contribution in [0.25, 0.3) is 0 Å². The van der Waals surface area contributed by atoms with Gasteiger partial charge < -0.3 is 11.1 Å². The predicted octanol–water partition coefficient (Wildman–Crippen LogP) is 2.03. The van der Waals surface area contributed by atoms with Crippen molar-refractivity contribution >= 4 is 11.7 Å². The Morgan fingerprint density at radius 2 is 2.10 bits per heavy atom. The third-order valence-electron chi connectivity index (χ3n) is 6.05. The number of anilines is 1. The van der Waals surface area contributed by atoms with Gasteiger partial charge in [-0.05, 0) is 56.8 Å². The fourth-order valence-corrected chi connectivity index (χ4v) is 4.77. The Morgan fingerprint density at radius 1 is 1.31 bits per heavy atom. The number of nitriles is 1. The van der Waals surface area contributed by atoms with Crippen molar-refractivity contribution in [3.05, 3.63) is 52.5 Å². The van der Waals surface area contributed by atoms with Gasteiger partial charge in [0, 0.05) is 24.1 Å². The highest BCUT2D eigenvalue weighted by Gasteiger charge is 2.44. The second kappa shape index (κ2) is 7.80. The zero-order valence-corrected chi connectivity index (χ0v) is 16.7. The lowest BCUT2D eigenvalue weighted by Gasteiger charge is -2.40. The van der Waals surface area contributed by atoms with Crippen molar-refractivity contribution in [3.63, 3.8) is 0 Å². The normalized spacial score (nSPS) is 21.0. The van der Waals surface area contributed by atoms with Gasteiger partial charge in [-0.2, -0.15) is 5.26 Å². The van der Waals surface area contributed by atoms with E-state index in [-0.39, 0.29) is 12.0 Å². The Labute approximate surface area is 170 Å². The number of amides is 1. The van der Waals surface area contributed by atoms with Crippen LogP contribution >= 0.6 is 0 Å². The van der Waals surface area contributed by atoms with Crippen LogP contribution in [0.2, 0.25) is 0 Å². The molecule has 2 aliphatic rings. The van der Waals surface area contributed by atoms with Crippen LogP contribution in [0.5, 0.6) is 0 Å². The quantitative estimate of drug-likeness (QED) is 0.809. The Morgan fingerprint density at radius 3 is 2.83 bits per heavy atom. The summed E-state index contributed by atoms with van der Waals surface area (Å²) in [6.07, 6.45) is 4.22. The van der Waals surface area contributed by atoms with Gasteiger partial charge in [0.25, 0.3) is 0 Å². The maximum absolute atomic E-state index is 11.2. The first-order valence-electron chi connectivity index (χ1n) is 10.1. The molecule has 1 aliphatic heterocycles. The number of primary amides is 1. The Hall–Kier alpha value is -2.98. The Balaban J connectivity index is 1.56. The van der Waals surface area contributed by atoms with Gasteiger partial charge in [-0.1, -0.05) is 12.1 Å². The number of benzene rings is 1. The number of likely N-dealkylation sites (tertiary alicyclic amines) is 1. The summed E-state index contributed by atoms with van der Waals surface area (Å²) in [7, 11) is 0. The van der Waals surface area contributed by atoms with E-state index < -0.39 is 5.91 Å². The average molecular weight is 390 g/mol. The lowest BCUT2D eigenvalue weighted by Crippen LogP contribution is -2.45. The molecule has 29 heavy (non-hydrogen) atoms. The first-order chi connectivity index (χ1) is 14.0. The van der Waals surface area contributed by atoms with Crippen LogP contribution in [-0.4, -0.2) is 40.4 Å². The molecule has 0 radical (unpaired) electrons. The van der Waals surface area contributed by atoms with Gasteiger partial charge in [0.15, 0.2) is 0 Å². The van der Waals surface area contributed by atoms with Crippen molar-refractivity contribution in [2.24, 2.45) is 5.73 Å². The first-order valence-corrected chi connectivity index (χ1v) is 10.1. The van der Waals surface area contributed by atoms with Crippen LogP contribution in [0.4, 0.5) is 5.82 Å². The molecule has 1 aliphatic carbocycles. The molecule has 0 saturated carbocycles. The van der Waals surface area contributed by atoms with Crippen LogP contribution in [0.15, 0.2) is 24.3 Å². The van der Waals surface area contributed by atoms with Gasteiger partial charge in [0.2, 0.25) is 5.91 Å². The number of fused-ring (bicyclic) bond motifs is 2. The lowest BCUT2D eigenvalue weighted by molar-refractivity contribution is -0.116. The standard InChI is InChI=1S/C22H26N6O/c1-15-26-20-18(21(27-15)25-12-19(24)29)7-9-22(20)8-2-10-28(14-22)13-17-5-3-16(11-23)4-6-17/h3-6H,2,7-10,12-14H2,1H3,(H2,24,29)(H,25,26,27). The van der Waals surface area contributed by atoms with Crippen LogP contribution in [0.1, 0.15) is 47.5 Å². The van der Waals surface area contributed by atoms with E-state index in [0.29, 0.717) is 5.56 Å². The number of hydrogen-bond acceptors (Lipinski definition) is 6. The number of nitrogens with two attached hydrogens (primary N) is 1. The molecule has 1 unspecified atom stereocenters. The molecule has 150 valence electrons. The molecule has 4 rings (SSSR count). The second-order valence-electron chi connectivity index (χ2n) is 8.17. The molecule has 1 atom stereocenters. The van der Waals surface area contributed by atoms with Crippen LogP contribution in [0.3, 0.4) is 0 Å². The van der Waals surface area contributed by atoms with E-state index in [0.717, 1.165) is 68.2 Å². The summed E-state index contributed by atoms with van der Waals surface area (Å²) >= 11 is 0. The molecule has 2 aromatic rings. The second-order valence-corrected chi connectivity index (χ2v) is 8.17. The number of rotatable bonds is 5. The Kier molecular flexibility index (Phi) is 5.20. The largest absolute Gasteiger partial charge is 0.368 e. The number of hydrogen-bond donors (Lipinski definition) is 2. The zero-order valence-electron chi connectivity index (χ0n) is 16.7. The monoisotopic (exact) mass is 390 g/mol. The zero-order chi connectivity index (χ0) is 20.4. The lowest BCUT2D eigenvalue weighted by atomic mass is 9.77. The summed E-state index contributed by atoms with van der Waals surface area (Å²) in [5, 5.41) is 12.1. The number of piperidine rings is 1. The topological polar surface area (TPSA) is 108 Å². The van der Waals surface area contributed by atoms with Crippen molar-refractivity contribution in [1.82, 2.24) is 14.9 Å². The van der Waals surface area contributed by atoms with Gasteiger partial charge in [-0.3, -0.25) is 9.69 Å². The summed E-state index contributed by atoms with van der Waals surface area (Å²) < 4.78 is 0. The third kappa shape index (κ3) is 3.94. The van der Waals surface area contributed by atoms with Gasteiger partial charge in [0.1, 0.15) is 11.6 Å². The molecule has 0 bridgehead atoms. The van der Waals surface area contributed by atoms with E-state index >= 15 is 0 Å². The SMILES string of the molecule is Cc1nc(NCC(N)=O)c2c(n1)C1(CCCN(Cc3ccc(C#N)cc3)C1)CC2. The van der Waals surface area contributed by atoms with Crippen molar-refractivity contribution in [2.75, 3.05) is 25.0 Å². The number of aryl methyl sites for hydroxylation is 1. The van der Waals surface area contributed by atoms with Crippen LogP contribution < -0.4 is 11.1 Å². The van der Waals surface area contributed by atoms with E-state index in [1.807, 2.05) is 31.2 Å². The van der Waals surface area contributed by atoms with Crippen LogP contribution in [-0.2, 0) is 23.2 Å². The summed E-state index contributed by atoms with van der Waals surface area (Å²) in [5.41, 5.74) is 9.53. The predicted molar refractivity (Wildman–Crippen MR) is 110 cm³/mol. The Bertz CT molecular complexity index is 965. The van der Waals surface area contributed by atoms with Crippen molar-refractivity contribution in [3.8, 4) is 6.07 Å². The minimum absolute atomic E-state index is 0.0387. The molecule has 1 amide bonds. The van der Waals surface area contributed by atoms with E-state index in [1.165, 1.54) is 5.56 Å². The maximum atomic E-state index is 11.2. The smallest absolute Gasteiger partial charge is 0.236 e. The van der Waals surface area contributed by atoms with Crippen LogP contribution in [0, 0.1) is 18.3 Å². The van der Waals surface area contributed by atoms with Crippen molar-refractivity contribution in [1.29, 1.82) is 5.26 Å². The van der Waals surface area contributed by atoms with Gasteiger partial charge in [0.05, 0.1) is 23.9 Å². The maximum Gasteiger partial charge on any atom is 0.236 e. The first kappa shape index (κ1) is 19.3. The summed E-state index contributed by atoms with van der Waals surface area (Å²) in [4.78, 5) is 23.1.